The number of aliphatic hydroxyl groups excluding tert-OH is 1. The number of ether oxygens (including phenoxy) is 2. The average Bonchev–Trinajstić information content (AvgIpc) is 2.48. The van der Waals surface area contributed by atoms with E-state index in [1.807, 2.05) is 0 Å². The van der Waals surface area contributed by atoms with Crippen molar-refractivity contribution in [2.24, 2.45) is 5.73 Å². The smallest absolute Gasteiger partial charge is 0.395 e. The van der Waals surface area contributed by atoms with Crippen molar-refractivity contribution in [1.82, 2.24) is 0 Å². The van der Waals surface area contributed by atoms with E-state index >= 15 is 0 Å². The van der Waals surface area contributed by atoms with E-state index in [0.29, 0.717) is 5.56 Å². The summed E-state index contributed by atoms with van der Waals surface area (Å²) in [6.45, 7) is 1.61. The van der Waals surface area contributed by atoms with E-state index in [1.165, 1.54) is 18.2 Å². The molecule has 4 nitrogen and oxygen atoms in total. The van der Waals surface area contributed by atoms with Gasteiger partial charge in [-0.2, -0.15) is 0 Å². The molecule has 0 unspecified atom stereocenters. The third kappa shape index (κ3) is 1.94. The Morgan fingerprint density at radius 3 is 2.56 bits per heavy atom. The first-order chi connectivity index (χ1) is 7.39. The van der Waals surface area contributed by atoms with Crippen LogP contribution in [0.25, 0.3) is 0 Å². The lowest BCUT2D eigenvalue weighted by Crippen LogP contribution is -2.26. The second-order valence-corrected chi connectivity index (χ2v) is 3.68. The van der Waals surface area contributed by atoms with Gasteiger partial charge in [-0.3, -0.25) is 0 Å². The van der Waals surface area contributed by atoms with Crippen LogP contribution in [0.5, 0.6) is 11.5 Å². The van der Waals surface area contributed by atoms with Crippen LogP contribution in [0.15, 0.2) is 18.2 Å². The van der Waals surface area contributed by atoms with Crippen LogP contribution in [0.4, 0.5) is 8.78 Å². The van der Waals surface area contributed by atoms with E-state index in [-0.39, 0.29) is 11.5 Å². The van der Waals surface area contributed by atoms with Crippen LogP contribution in [0.2, 0.25) is 0 Å². The van der Waals surface area contributed by atoms with Crippen LogP contribution in [0.3, 0.4) is 0 Å². The zero-order valence-corrected chi connectivity index (χ0v) is 8.48. The van der Waals surface area contributed by atoms with Crippen molar-refractivity contribution in [1.29, 1.82) is 0 Å². The van der Waals surface area contributed by atoms with Crippen LogP contribution in [0, 0.1) is 0 Å². The van der Waals surface area contributed by atoms with E-state index in [4.69, 9.17) is 5.73 Å². The van der Waals surface area contributed by atoms with Gasteiger partial charge in [0.2, 0.25) is 0 Å². The van der Waals surface area contributed by atoms with Crippen molar-refractivity contribution in [2.45, 2.75) is 25.4 Å². The Balaban J connectivity index is 2.29. The lowest BCUT2D eigenvalue weighted by molar-refractivity contribution is -0.286. The number of fused-ring (bicyclic) bond motifs is 1. The highest BCUT2D eigenvalue weighted by Crippen LogP contribution is 2.42. The predicted octanol–water partition coefficient (Wildman–Crippen LogP) is 1.39. The Morgan fingerprint density at radius 2 is 1.94 bits per heavy atom. The summed E-state index contributed by atoms with van der Waals surface area (Å²) < 4.78 is 33.9. The molecule has 0 bridgehead atoms. The number of aliphatic hydroxyl groups is 1. The van der Waals surface area contributed by atoms with Gasteiger partial charge in [0.05, 0.1) is 6.10 Å². The molecule has 2 atom stereocenters. The molecule has 0 amide bonds. The molecule has 0 radical (unpaired) electrons. The minimum Gasteiger partial charge on any atom is -0.395 e. The standard InChI is InChI=1S/C10H11F2NO3/c1-5(13)9(14)6-2-3-7-8(4-6)16-10(11,12)15-7/h2-5,9,14H,13H2,1H3/t5-,9-/m1/s1. The molecule has 1 aliphatic rings. The molecule has 16 heavy (non-hydrogen) atoms. The maximum Gasteiger partial charge on any atom is 0.586 e. The number of halogens is 2. The second kappa shape index (κ2) is 3.57. The molecule has 0 saturated heterocycles. The normalized spacial score (nSPS) is 20.6. The van der Waals surface area contributed by atoms with Gasteiger partial charge < -0.3 is 20.3 Å². The predicted molar refractivity (Wildman–Crippen MR) is 51.3 cm³/mol. The molecule has 6 heteroatoms. The van der Waals surface area contributed by atoms with Gasteiger partial charge in [-0.25, -0.2) is 0 Å². The molecule has 0 saturated carbocycles. The molecule has 1 aliphatic heterocycles. The van der Waals surface area contributed by atoms with Crippen molar-refractivity contribution < 1.29 is 23.4 Å². The van der Waals surface area contributed by atoms with Crippen LogP contribution < -0.4 is 15.2 Å². The Kier molecular flexibility index (Phi) is 2.47. The third-order valence-electron chi connectivity index (χ3n) is 2.26. The van der Waals surface area contributed by atoms with E-state index in [2.05, 4.69) is 9.47 Å². The fourth-order valence-corrected chi connectivity index (χ4v) is 1.45. The van der Waals surface area contributed by atoms with Crippen LogP contribution in [0.1, 0.15) is 18.6 Å². The second-order valence-electron chi connectivity index (χ2n) is 3.68. The highest BCUT2D eigenvalue weighted by molar-refractivity contribution is 5.45. The summed E-state index contributed by atoms with van der Waals surface area (Å²) in [5, 5.41) is 9.65. The number of hydrogen-bond donors (Lipinski definition) is 2. The molecule has 0 aromatic heterocycles. The molecule has 1 aromatic carbocycles. The molecule has 0 fully saturated rings. The lowest BCUT2D eigenvalue weighted by Gasteiger charge is -2.14. The maximum atomic E-state index is 12.7. The summed E-state index contributed by atoms with van der Waals surface area (Å²) in [4.78, 5) is 0. The van der Waals surface area contributed by atoms with E-state index in [0.717, 1.165) is 0 Å². The molecule has 3 N–H and O–H groups in total. The molecule has 2 rings (SSSR count). The molecule has 88 valence electrons. The molecule has 0 spiro atoms. The number of benzene rings is 1. The van der Waals surface area contributed by atoms with Gasteiger partial charge >= 0.3 is 6.29 Å². The minimum atomic E-state index is -3.64. The summed E-state index contributed by atoms with van der Waals surface area (Å²) in [5.41, 5.74) is 5.91. The number of nitrogens with two attached hydrogens (primary N) is 1. The van der Waals surface area contributed by atoms with E-state index < -0.39 is 18.4 Å². The van der Waals surface area contributed by atoms with Crippen LogP contribution in [-0.4, -0.2) is 17.4 Å². The first-order valence-electron chi connectivity index (χ1n) is 4.72. The molecular formula is C10H11F2NO3. The van der Waals surface area contributed by atoms with Gasteiger partial charge in [0.25, 0.3) is 0 Å². The van der Waals surface area contributed by atoms with Gasteiger partial charge in [0, 0.05) is 6.04 Å². The van der Waals surface area contributed by atoms with Crippen molar-refractivity contribution in [3.8, 4) is 11.5 Å². The fourth-order valence-electron chi connectivity index (χ4n) is 1.45. The summed E-state index contributed by atoms with van der Waals surface area (Å²) in [7, 11) is 0. The lowest BCUT2D eigenvalue weighted by atomic mass is 10.0. The zero-order chi connectivity index (χ0) is 11.9. The monoisotopic (exact) mass is 231 g/mol. The largest absolute Gasteiger partial charge is 0.586 e. The Bertz CT molecular complexity index is 409. The van der Waals surface area contributed by atoms with E-state index in [1.54, 1.807) is 6.92 Å². The topological polar surface area (TPSA) is 64.7 Å². The van der Waals surface area contributed by atoms with Gasteiger partial charge in [-0.1, -0.05) is 6.07 Å². The fraction of sp³-hybridized carbons (Fsp3) is 0.400. The molecule has 0 aliphatic carbocycles. The molecular weight excluding hydrogens is 220 g/mol. The van der Waals surface area contributed by atoms with Crippen molar-refractivity contribution in [3.05, 3.63) is 23.8 Å². The molecule has 1 heterocycles. The average molecular weight is 231 g/mol. The highest BCUT2D eigenvalue weighted by Gasteiger charge is 2.43. The van der Waals surface area contributed by atoms with Crippen molar-refractivity contribution in [3.63, 3.8) is 0 Å². The summed E-state index contributed by atoms with van der Waals surface area (Å²) in [6.07, 6.45) is -4.57. The first kappa shape index (κ1) is 11.1. The van der Waals surface area contributed by atoms with E-state index in [9.17, 15) is 13.9 Å². The Hall–Kier alpha value is -1.40. The van der Waals surface area contributed by atoms with Crippen LogP contribution >= 0.6 is 0 Å². The zero-order valence-electron chi connectivity index (χ0n) is 8.48. The number of alkyl halides is 2. The SMILES string of the molecule is C[C@@H](N)[C@@H](O)c1ccc2c(c1)OC(F)(F)O2. The summed E-state index contributed by atoms with van der Waals surface area (Å²) in [5.74, 6) is -0.146. The van der Waals surface area contributed by atoms with Gasteiger partial charge in [0.15, 0.2) is 11.5 Å². The van der Waals surface area contributed by atoms with Crippen LogP contribution in [-0.2, 0) is 0 Å². The van der Waals surface area contributed by atoms with Crippen molar-refractivity contribution in [2.75, 3.05) is 0 Å². The Morgan fingerprint density at radius 1 is 1.31 bits per heavy atom. The minimum absolute atomic E-state index is 0.0503. The third-order valence-corrected chi connectivity index (χ3v) is 2.26. The quantitative estimate of drug-likeness (QED) is 0.807. The number of rotatable bonds is 2. The maximum absolute atomic E-state index is 12.7. The summed E-state index contributed by atoms with van der Waals surface area (Å²) in [6, 6.07) is 3.58. The first-order valence-corrected chi connectivity index (χ1v) is 4.72. The number of hydrogen-bond acceptors (Lipinski definition) is 4. The van der Waals surface area contributed by atoms with Crippen molar-refractivity contribution >= 4 is 0 Å². The van der Waals surface area contributed by atoms with Gasteiger partial charge in [-0.05, 0) is 24.6 Å². The highest BCUT2D eigenvalue weighted by atomic mass is 19.3. The summed E-state index contributed by atoms with van der Waals surface area (Å²) >= 11 is 0. The van der Waals surface area contributed by atoms with Gasteiger partial charge in [-0.15, -0.1) is 8.78 Å². The molecule has 1 aromatic rings. The van der Waals surface area contributed by atoms with Gasteiger partial charge in [0.1, 0.15) is 0 Å². The Labute approximate surface area is 90.6 Å².